The van der Waals surface area contributed by atoms with Crippen LogP contribution in [0.2, 0.25) is 0 Å². The summed E-state index contributed by atoms with van der Waals surface area (Å²) in [6.07, 6.45) is 2.06. The third-order valence-corrected chi connectivity index (χ3v) is 3.97. The third-order valence-electron chi connectivity index (χ3n) is 3.97. The first-order chi connectivity index (χ1) is 11.0. The molecule has 1 fully saturated rings. The summed E-state index contributed by atoms with van der Waals surface area (Å²) in [4.78, 5) is 24.8. The van der Waals surface area contributed by atoms with E-state index in [2.05, 4.69) is 10.6 Å². The van der Waals surface area contributed by atoms with Gasteiger partial charge in [-0.1, -0.05) is 29.8 Å². The highest BCUT2D eigenvalue weighted by atomic mass is 16.2. The zero-order chi connectivity index (χ0) is 16.4. The van der Waals surface area contributed by atoms with E-state index in [1.54, 1.807) is 18.2 Å². The number of aryl methyl sites for hydroxylation is 2. The average molecular weight is 308 g/mol. The number of hydrogen-bond donors (Lipinski definition) is 2. The summed E-state index contributed by atoms with van der Waals surface area (Å²) in [5.74, 6) is -0.331. The van der Waals surface area contributed by atoms with Crippen LogP contribution < -0.4 is 10.6 Å². The van der Waals surface area contributed by atoms with Crippen molar-refractivity contribution < 1.29 is 9.59 Å². The number of carbonyl (C=O) groups excluding carboxylic acids is 2. The Morgan fingerprint density at radius 3 is 2.43 bits per heavy atom. The molecular formula is C19H20N2O2. The highest BCUT2D eigenvalue weighted by Gasteiger charge is 2.25. The molecule has 1 aliphatic rings. The SMILES string of the molecule is Cc1ccc(C)c(C(=O)Nc2ccccc2C(=O)NC2CC2)c1. The van der Waals surface area contributed by atoms with Crippen molar-refractivity contribution in [3.8, 4) is 0 Å². The van der Waals surface area contributed by atoms with E-state index in [1.165, 1.54) is 0 Å². The second-order valence-electron chi connectivity index (χ2n) is 6.07. The highest BCUT2D eigenvalue weighted by Crippen LogP contribution is 2.22. The van der Waals surface area contributed by atoms with Crippen LogP contribution in [0.3, 0.4) is 0 Å². The van der Waals surface area contributed by atoms with E-state index in [0.29, 0.717) is 16.8 Å². The van der Waals surface area contributed by atoms with Crippen LogP contribution in [-0.2, 0) is 0 Å². The maximum atomic E-state index is 12.6. The molecule has 0 bridgehead atoms. The molecule has 0 spiro atoms. The van der Waals surface area contributed by atoms with Crippen molar-refractivity contribution in [1.82, 2.24) is 5.32 Å². The van der Waals surface area contributed by atoms with Gasteiger partial charge in [0.2, 0.25) is 0 Å². The molecule has 0 aromatic heterocycles. The van der Waals surface area contributed by atoms with Crippen molar-refractivity contribution in [3.05, 3.63) is 64.7 Å². The van der Waals surface area contributed by atoms with Crippen LogP contribution in [0.25, 0.3) is 0 Å². The quantitative estimate of drug-likeness (QED) is 0.909. The van der Waals surface area contributed by atoms with Gasteiger partial charge in [-0.3, -0.25) is 9.59 Å². The van der Waals surface area contributed by atoms with E-state index in [1.807, 2.05) is 38.1 Å². The lowest BCUT2D eigenvalue weighted by Crippen LogP contribution is -2.27. The molecule has 1 aliphatic carbocycles. The molecule has 2 amide bonds. The molecule has 23 heavy (non-hydrogen) atoms. The van der Waals surface area contributed by atoms with Gasteiger partial charge >= 0.3 is 0 Å². The van der Waals surface area contributed by atoms with Gasteiger partial charge in [0.05, 0.1) is 11.3 Å². The number of hydrogen-bond acceptors (Lipinski definition) is 2. The number of para-hydroxylation sites is 1. The van der Waals surface area contributed by atoms with Crippen molar-refractivity contribution in [2.24, 2.45) is 0 Å². The topological polar surface area (TPSA) is 58.2 Å². The van der Waals surface area contributed by atoms with Crippen LogP contribution in [-0.4, -0.2) is 17.9 Å². The fraction of sp³-hybridized carbons (Fsp3) is 0.263. The van der Waals surface area contributed by atoms with Gasteiger partial charge < -0.3 is 10.6 Å². The first-order valence-corrected chi connectivity index (χ1v) is 7.83. The summed E-state index contributed by atoms with van der Waals surface area (Å²) in [5, 5.41) is 5.82. The molecule has 0 saturated heterocycles. The molecule has 2 N–H and O–H groups in total. The number of carbonyl (C=O) groups is 2. The van der Waals surface area contributed by atoms with Crippen molar-refractivity contribution in [3.63, 3.8) is 0 Å². The van der Waals surface area contributed by atoms with Gasteiger partial charge in [0.25, 0.3) is 11.8 Å². The number of rotatable bonds is 4. The molecule has 2 aromatic rings. The van der Waals surface area contributed by atoms with Crippen LogP contribution in [0.4, 0.5) is 5.69 Å². The zero-order valence-corrected chi connectivity index (χ0v) is 13.3. The Balaban J connectivity index is 1.83. The van der Waals surface area contributed by atoms with E-state index in [-0.39, 0.29) is 17.9 Å². The summed E-state index contributed by atoms with van der Waals surface area (Å²) < 4.78 is 0. The van der Waals surface area contributed by atoms with Gasteiger partial charge in [-0.2, -0.15) is 0 Å². The Hall–Kier alpha value is -2.62. The fourth-order valence-corrected chi connectivity index (χ4v) is 2.45. The summed E-state index contributed by atoms with van der Waals surface area (Å²) in [6, 6.07) is 13.1. The molecule has 0 unspecified atom stereocenters. The molecule has 2 aromatic carbocycles. The van der Waals surface area contributed by atoms with Crippen LogP contribution in [0.1, 0.15) is 44.7 Å². The Morgan fingerprint density at radius 1 is 0.957 bits per heavy atom. The zero-order valence-electron chi connectivity index (χ0n) is 13.3. The van der Waals surface area contributed by atoms with E-state index >= 15 is 0 Å². The second kappa shape index (κ2) is 6.24. The largest absolute Gasteiger partial charge is 0.349 e. The van der Waals surface area contributed by atoms with Gasteiger partial charge in [0, 0.05) is 11.6 Å². The highest BCUT2D eigenvalue weighted by molar-refractivity contribution is 6.09. The molecule has 0 atom stereocenters. The van der Waals surface area contributed by atoms with Gasteiger partial charge in [0.1, 0.15) is 0 Å². The number of amides is 2. The Labute approximate surface area is 135 Å². The van der Waals surface area contributed by atoms with E-state index in [0.717, 1.165) is 24.0 Å². The molecule has 0 aliphatic heterocycles. The lowest BCUT2D eigenvalue weighted by Gasteiger charge is -2.12. The first kappa shape index (κ1) is 15.3. The van der Waals surface area contributed by atoms with Gasteiger partial charge in [0.15, 0.2) is 0 Å². The first-order valence-electron chi connectivity index (χ1n) is 7.83. The predicted molar refractivity (Wildman–Crippen MR) is 90.8 cm³/mol. The number of anilines is 1. The maximum absolute atomic E-state index is 12.6. The standard InChI is InChI=1S/C19H20N2O2/c1-12-7-8-13(2)16(11-12)19(23)21-17-6-4-3-5-15(17)18(22)20-14-9-10-14/h3-8,11,14H,9-10H2,1-2H3,(H,20,22)(H,21,23). The van der Waals surface area contributed by atoms with Gasteiger partial charge in [-0.25, -0.2) is 0 Å². The van der Waals surface area contributed by atoms with Crippen LogP contribution in [0, 0.1) is 13.8 Å². The van der Waals surface area contributed by atoms with E-state index in [4.69, 9.17) is 0 Å². The smallest absolute Gasteiger partial charge is 0.255 e. The minimum atomic E-state index is -0.196. The van der Waals surface area contributed by atoms with Crippen molar-refractivity contribution >= 4 is 17.5 Å². The fourth-order valence-electron chi connectivity index (χ4n) is 2.45. The van der Waals surface area contributed by atoms with Crippen LogP contribution in [0.5, 0.6) is 0 Å². The molecule has 118 valence electrons. The van der Waals surface area contributed by atoms with Crippen molar-refractivity contribution in [2.45, 2.75) is 32.7 Å². The molecule has 4 nitrogen and oxygen atoms in total. The van der Waals surface area contributed by atoms with E-state index in [9.17, 15) is 9.59 Å². The molecule has 4 heteroatoms. The molecular weight excluding hydrogens is 288 g/mol. The summed E-state index contributed by atoms with van der Waals surface area (Å²) in [6.45, 7) is 3.85. The van der Waals surface area contributed by atoms with Crippen molar-refractivity contribution in [2.75, 3.05) is 5.32 Å². The Kier molecular flexibility index (Phi) is 4.15. The van der Waals surface area contributed by atoms with Crippen LogP contribution >= 0.6 is 0 Å². The molecule has 0 heterocycles. The third kappa shape index (κ3) is 3.59. The monoisotopic (exact) mass is 308 g/mol. The average Bonchev–Trinajstić information content (AvgIpc) is 3.34. The van der Waals surface area contributed by atoms with E-state index < -0.39 is 0 Å². The summed E-state index contributed by atoms with van der Waals surface area (Å²) >= 11 is 0. The minimum absolute atomic E-state index is 0.135. The molecule has 3 rings (SSSR count). The normalized spacial score (nSPS) is 13.5. The number of benzene rings is 2. The summed E-state index contributed by atoms with van der Waals surface area (Å²) in [5.41, 5.74) is 3.60. The van der Waals surface area contributed by atoms with Crippen molar-refractivity contribution in [1.29, 1.82) is 0 Å². The lowest BCUT2D eigenvalue weighted by molar-refractivity contribution is 0.0952. The second-order valence-corrected chi connectivity index (χ2v) is 6.07. The van der Waals surface area contributed by atoms with Gasteiger partial charge in [-0.05, 0) is 50.5 Å². The molecule has 0 radical (unpaired) electrons. The molecule has 1 saturated carbocycles. The minimum Gasteiger partial charge on any atom is -0.349 e. The maximum Gasteiger partial charge on any atom is 0.255 e. The predicted octanol–water partition coefficient (Wildman–Crippen LogP) is 3.45. The Morgan fingerprint density at radius 2 is 1.70 bits per heavy atom. The lowest BCUT2D eigenvalue weighted by atomic mass is 10.0. The number of nitrogens with one attached hydrogen (secondary N) is 2. The Bertz CT molecular complexity index is 764. The van der Waals surface area contributed by atoms with Crippen LogP contribution in [0.15, 0.2) is 42.5 Å². The van der Waals surface area contributed by atoms with Gasteiger partial charge in [-0.15, -0.1) is 0 Å². The summed E-state index contributed by atoms with van der Waals surface area (Å²) in [7, 11) is 0.